The number of fused-ring (bicyclic) bond motifs is 1. The summed E-state index contributed by atoms with van der Waals surface area (Å²) in [5.41, 5.74) is 1.62. The summed E-state index contributed by atoms with van der Waals surface area (Å²) in [5, 5.41) is 12.0. The third-order valence-corrected chi connectivity index (χ3v) is 3.59. The largest absolute Gasteiger partial charge is 0.618 e. The lowest BCUT2D eigenvalue weighted by Crippen LogP contribution is -2.40. The van der Waals surface area contributed by atoms with Crippen LogP contribution >= 0.6 is 0 Å². The van der Waals surface area contributed by atoms with E-state index in [1.165, 1.54) is 0 Å². The maximum absolute atomic E-state index is 12.0. The Bertz CT molecular complexity index is 607. The lowest BCUT2D eigenvalue weighted by molar-refractivity contribution is -0.615. The van der Waals surface area contributed by atoms with Crippen LogP contribution in [-0.2, 0) is 0 Å². The van der Waals surface area contributed by atoms with Crippen LogP contribution in [0.1, 0.15) is 37.4 Å². The highest BCUT2D eigenvalue weighted by Crippen LogP contribution is 2.42. The Hall–Kier alpha value is -2.03. The molecule has 0 spiro atoms. The summed E-state index contributed by atoms with van der Waals surface area (Å²) in [6, 6.07) is 13.5. The molecule has 0 amide bonds. The van der Waals surface area contributed by atoms with E-state index >= 15 is 0 Å². The predicted molar refractivity (Wildman–Crippen MR) is 73.0 cm³/mol. The molecular weight excluding hydrogens is 238 g/mol. The van der Waals surface area contributed by atoms with E-state index in [0.29, 0.717) is 0 Å². The minimum absolute atomic E-state index is 0.0821. The van der Waals surface area contributed by atoms with Gasteiger partial charge in [0.2, 0.25) is 5.69 Å². The van der Waals surface area contributed by atoms with Gasteiger partial charge in [-0.2, -0.15) is 4.73 Å². The van der Waals surface area contributed by atoms with Crippen LogP contribution in [0.2, 0.25) is 0 Å². The number of nitrogens with zero attached hydrogens (tertiary/aromatic N) is 1. The van der Waals surface area contributed by atoms with E-state index in [2.05, 4.69) is 13.8 Å². The normalized spacial score (nSPS) is 20.4. The monoisotopic (exact) mass is 255 g/mol. The third kappa shape index (κ3) is 2.16. The standard InChI is InChI=1S/C16H17NO2/c1-16(2)11-13(14-8-5-6-10-17(14)18)12-7-3-4-9-15(12)19-16/h3-10,13H,11H2,1-2H3. The average molecular weight is 255 g/mol. The Morgan fingerprint density at radius 2 is 1.89 bits per heavy atom. The van der Waals surface area contributed by atoms with Crippen molar-refractivity contribution in [2.24, 2.45) is 0 Å². The Morgan fingerprint density at radius 3 is 2.68 bits per heavy atom. The highest BCUT2D eigenvalue weighted by atomic mass is 16.5. The summed E-state index contributed by atoms with van der Waals surface area (Å²) in [7, 11) is 0. The van der Waals surface area contributed by atoms with Gasteiger partial charge in [0.1, 0.15) is 11.4 Å². The first-order valence-corrected chi connectivity index (χ1v) is 6.53. The second-order valence-corrected chi connectivity index (χ2v) is 5.61. The number of benzene rings is 1. The number of para-hydroxylation sites is 1. The SMILES string of the molecule is CC1(C)CC(c2cccc[n+]2[O-])c2ccccc2O1. The van der Waals surface area contributed by atoms with Crippen molar-refractivity contribution in [3.05, 3.63) is 65.1 Å². The molecule has 1 aromatic heterocycles. The van der Waals surface area contributed by atoms with Crippen LogP contribution in [0.15, 0.2) is 48.7 Å². The quantitative estimate of drug-likeness (QED) is 0.580. The summed E-state index contributed by atoms with van der Waals surface area (Å²) in [6.07, 6.45) is 2.36. The number of rotatable bonds is 1. The van der Waals surface area contributed by atoms with Crippen molar-refractivity contribution in [3.8, 4) is 5.75 Å². The zero-order valence-electron chi connectivity index (χ0n) is 11.2. The third-order valence-electron chi connectivity index (χ3n) is 3.59. The van der Waals surface area contributed by atoms with Gasteiger partial charge in [0.25, 0.3) is 0 Å². The Balaban J connectivity index is 2.14. The average Bonchev–Trinajstić information content (AvgIpc) is 2.37. The topological polar surface area (TPSA) is 36.2 Å². The predicted octanol–water partition coefficient (Wildman–Crippen LogP) is 3.01. The first-order valence-electron chi connectivity index (χ1n) is 6.53. The molecule has 1 aliphatic rings. The van der Waals surface area contributed by atoms with Gasteiger partial charge in [-0.1, -0.05) is 18.2 Å². The first-order chi connectivity index (χ1) is 9.07. The van der Waals surface area contributed by atoms with Crippen molar-refractivity contribution < 1.29 is 9.47 Å². The molecule has 3 heteroatoms. The van der Waals surface area contributed by atoms with E-state index in [1.54, 1.807) is 12.3 Å². The van der Waals surface area contributed by atoms with Gasteiger partial charge in [-0.25, -0.2) is 0 Å². The highest BCUT2D eigenvalue weighted by Gasteiger charge is 2.37. The Kier molecular flexibility index (Phi) is 2.70. The molecule has 0 saturated heterocycles. The summed E-state index contributed by atoms with van der Waals surface area (Å²) < 4.78 is 6.96. The van der Waals surface area contributed by atoms with Crippen LogP contribution in [0.3, 0.4) is 0 Å². The van der Waals surface area contributed by atoms with Gasteiger partial charge >= 0.3 is 0 Å². The lowest BCUT2D eigenvalue weighted by atomic mass is 9.82. The molecule has 2 aromatic rings. The number of hydrogen-bond acceptors (Lipinski definition) is 2. The Morgan fingerprint density at radius 1 is 1.16 bits per heavy atom. The van der Waals surface area contributed by atoms with Crippen molar-refractivity contribution in [3.63, 3.8) is 0 Å². The van der Waals surface area contributed by atoms with Gasteiger partial charge in [0.15, 0.2) is 6.20 Å². The molecule has 3 rings (SSSR count). The van der Waals surface area contributed by atoms with E-state index < -0.39 is 0 Å². The molecule has 19 heavy (non-hydrogen) atoms. The Labute approximate surface area is 113 Å². The summed E-state index contributed by atoms with van der Waals surface area (Å²) >= 11 is 0. The maximum Gasteiger partial charge on any atom is 0.200 e. The second kappa shape index (κ2) is 4.26. The van der Waals surface area contributed by atoms with Gasteiger partial charge in [0.05, 0.1) is 5.92 Å². The van der Waals surface area contributed by atoms with Crippen molar-refractivity contribution in [1.29, 1.82) is 0 Å². The zero-order chi connectivity index (χ0) is 13.5. The zero-order valence-corrected chi connectivity index (χ0v) is 11.2. The summed E-state index contributed by atoms with van der Waals surface area (Å²) in [5.74, 6) is 0.964. The summed E-state index contributed by atoms with van der Waals surface area (Å²) in [6.45, 7) is 4.13. The molecule has 0 fully saturated rings. The minimum atomic E-state index is -0.262. The molecule has 3 nitrogen and oxygen atoms in total. The van der Waals surface area contributed by atoms with E-state index in [1.807, 2.05) is 36.4 Å². The fourth-order valence-electron chi connectivity index (χ4n) is 2.78. The molecule has 2 heterocycles. The number of pyridine rings is 1. The summed E-state index contributed by atoms with van der Waals surface area (Å²) in [4.78, 5) is 0. The number of hydrogen-bond donors (Lipinski definition) is 0. The van der Waals surface area contributed by atoms with Gasteiger partial charge in [0, 0.05) is 24.1 Å². The molecule has 1 unspecified atom stereocenters. The van der Waals surface area contributed by atoms with E-state index in [-0.39, 0.29) is 11.5 Å². The van der Waals surface area contributed by atoms with Crippen molar-refractivity contribution in [1.82, 2.24) is 0 Å². The molecule has 1 aromatic carbocycles. The molecule has 1 atom stereocenters. The first kappa shape index (κ1) is 12.0. The molecule has 0 aliphatic carbocycles. The van der Waals surface area contributed by atoms with Crippen molar-refractivity contribution in [2.45, 2.75) is 31.8 Å². The lowest BCUT2D eigenvalue weighted by Gasteiger charge is -2.36. The van der Waals surface area contributed by atoms with Gasteiger partial charge in [-0.3, -0.25) is 0 Å². The van der Waals surface area contributed by atoms with Crippen LogP contribution in [0.4, 0.5) is 0 Å². The highest BCUT2D eigenvalue weighted by molar-refractivity contribution is 5.42. The molecular formula is C16H17NO2. The van der Waals surface area contributed by atoms with Crippen LogP contribution in [-0.4, -0.2) is 5.60 Å². The van der Waals surface area contributed by atoms with Crippen molar-refractivity contribution in [2.75, 3.05) is 0 Å². The van der Waals surface area contributed by atoms with Gasteiger partial charge in [-0.15, -0.1) is 0 Å². The van der Waals surface area contributed by atoms with Gasteiger partial charge < -0.3 is 9.94 Å². The van der Waals surface area contributed by atoms with Gasteiger partial charge in [-0.05, 0) is 26.0 Å². The van der Waals surface area contributed by atoms with Crippen LogP contribution in [0.25, 0.3) is 0 Å². The maximum atomic E-state index is 12.0. The van der Waals surface area contributed by atoms with Crippen molar-refractivity contribution >= 4 is 0 Å². The molecule has 98 valence electrons. The molecule has 1 aliphatic heterocycles. The molecule has 0 saturated carbocycles. The fraction of sp³-hybridized carbons (Fsp3) is 0.312. The molecule has 0 radical (unpaired) electrons. The van der Waals surface area contributed by atoms with E-state index in [9.17, 15) is 5.21 Å². The molecule has 0 N–H and O–H groups in total. The fourth-order valence-corrected chi connectivity index (χ4v) is 2.78. The molecule has 0 bridgehead atoms. The second-order valence-electron chi connectivity index (χ2n) is 5.61. The van der Waals surface area contributed by atoms with Crippen LogP contribution in [0, 0.1) is 5.21 Å². The minimum Gasteiger partial charge on any atom is -0.618 e. The number of ether oxygens (including phenoxy) is 1. The smallest absolute Gasteiger partial charge is 0.200 e. The number of aromatic nitrogens is 1. The van der Waals surface area contributed by atoms with E-state index in [4.69, 9.17) is 4.74 Å². The van der Waals surface area contributed by atoms with Crippen LogP contribution < -0.4 is 9.47 Å². The van der Waals surface area contributed by atoms with Crippen LogP contribution in [0.5, 0.6) is 5.75 Å². The van der Waals surface area contributed by atoms with E-state index in [0.717, 1.165) is 28.2 Å².